The van der Waals surface area contributed by atoms with Crippen molar-refractivity contribution in [3.8, 4) is 11.8 Å². The standard InChI is InChI=1S/C24H25FN6O3/c1-33-19-10-16(23(32)31-6-2-3-8-34-9-7-31)17(25)11-18(19)28-24-29-21(14-4-5-14)20-15(12-26)13-27-22(20)30-24/h10-11,13-14H,2-9H2,1H3,(H2,27,28,29,30). The molecular weight excluding hydrogens is 439 g/mol. The number of methoxy groups -OCH3 is 1. The SMILES string of the molecule is COc1cc(C(=O)N2CCCCOCC2)c(F)cc1Nc1nc(C2CC2)c2c(C#N)c[nH]c2n1. The van der Waals surface area contributed by atoms with E-state index >= 15 is 4.39 Å². The maximum absolute atomic E-state index is 15.1. The third kappa shape index (κ3) is 4.26. The van der Waals surface area contributed by atoms with Crippen LogP contribution in [0.25, 0.3) is 11.0 Å². The number of aromatic nitrogens is 3. The molecule has 0 bridgehead atoms. The monoisotopic (exact) mass is 464 g/mol. The van der Waals surface area contributed by atoms with Crippen LogP contribution in [0, 0.1) is 17.1 Å². The van der Waals surface area contributed by atoms with Gasteiger partial charge in [0.25, 0.3) is 5.91 Å². The number of carbonyl (C=O) groups is 1. The minimum Gasteiger partial charge on any atom is -0.495 e. The van der Waals surface area contributed by atoms with Crippen LogP contribution in [0.3, 0.4) is 0 Å². The van der Waals surface area contributed by atoms with Gasteiger partial charge in [0.2, 0.25) is 5.95 Å². The summed E-state index contributed by atoms with van der Waals surface area (Å²) in [5.74, 6) is -0.218. The lowest BCUT2D eigenvalue weighted by Crippen LogP contribution is -2.36. The topological polar surface area (TPSA) is 116 Å². The minimum atomic E-state index is -0.661. The Morgan fingerprint density at radius 3 is 2.91 bits per heavy atom. The molecule has 0 spiro atoms. The second kappa shape index (κ2) is 9.27. The molecule has 3 heterocycles. The Balaban J connectivity index is 1.46. The molecule has 34 heavy (non-hydrogen) atoms. The molecule has 1 saturated carbocycles. The first-order valence-corrected chi connectivity index (χ1v) is 11.4. The molecule has 176 valence electrons. The number of rotatable bonds is 5. The highest BCUT2D eigenvalue weighted by molar-refractivity contribution is 5.96. The van der Waals surface area contributed by atoms with Crippen molar-refractivity contribution in [3.05, 3.63) is 41.0 Å². The summed E-state index contributed by atoms with van der Waals surface area (Å²) in [6, 6.07) is 4.81. The number of benzene rings is 1. The fourth-order valence-corrected chi connectivity index (χ4v) is 4.23. The van der Waals surface area contributed by atoms with Gasteiger partial charge in [0.1, 0.15) is 23.3 Å². The van der Waals surface area contributed by atoms with E-state index in [1.165, 1.54) is 19.2 Å². The van der Waals surface area contributed by atoms with Crippen LogP contribution in [0.1, 0.15) is 53.2 Å². The Morgan fingerprint density at radius 2 is 2.15 bits per heavy atom. The molecule has 2 aromatic heterocycles. The van der Waals surface area contributed by atoms with E-state index < -0.39 is 11.7 Å². The van der Waals surface area contributed by atoms with Crippen molar-refractivity contribution in [2.45, 2.75) is 31.6 Å². The Morgan fingerprint density at radius 1 is 1.29 bits per heavy atom. The number of fused-ring (bicyclic) bond motifs is 1. The molecule has 3 aromatic rings. The minimum absolute atomic E-state index is 0.0546. The smallest absolute Gasteiger partial charge is 0.257 e. The zero-order chi connectivity index (χ0) is 23.7. The van der Waals surface area contributed by atoms with Gasteiger partial charge in [-0.1, -0.05) is 0 Å². The van der Waals surface area contributed by atoms with Crippen molar-refractivity contribution >= 4 is 28.6 Å². The number of nitrogens with zero attached hydrogens (tertiary/aromatic N) is 4. The van der Waals surface area contributed by atoms with E-state index in [4.69, 9.17) is 9.47 Å². The summed E-state index contributed by atoms with van der Waals surface area (Å²) >= 11 is 0. The first kappa shape index (κ1) is 22.1. The lowest BCUT2D eigenvalue weighted by Gasteiger charge is -2.25. The Bertz CT molecular complexity index is 1270. The summed E-state index contributed by atoms with van der Waals surface area (Å²) in [6.45, 7) is 2.09. The van der Waals surface area contributed by atoms with Gasteiger partial charge in [-0.05, 0) is 31.7 Å². The molecule has 1 aliphatic heterocycles. The molecule has 9 nitrogen and oxygen atoms in total. The lowest BCUT2D eigenvalue weighted by atomic mass is 10.1. The number of nitriles is 1. The van der Waals surface area contributed by atoms with Crippen LogP contribution >= 0.6 is 0 Å². The second-order valence-corrected chi connectivity index (χ2v) is 8.51. The van der Waals surface area contributed by atoms with E-state index in [0.717, 1.165) is 36.8 Å². The third-order valence-electron chi connectivity index (χ3n) is 6.17. The van der Waals surface area contributed by atoms with E-state index in [2.05, 4.69) is 26.3 Å². The number of hydrogen-bond acceptors (Lipinski definition) is 7. The highest BCUT2D eigenvalue weighted by Gasteiger charge is 2.30. The normalized spacial score (nSPS) is 16.6. The summed E-state index contributed by atoms with van der Waals surface area (Å²) in [7, 11) is 1.46. The van der Waals surface area contributed by atoms with Gasteiger partial charge in [0.05, 0.1) is 41.6 Å². The van der Waals surface area contributed by atoms with Gasteiger partial charge < -0.3 is 24.7 Å². The van der Waals surface area contributed by atoms with Crippen molar-refractivity contribution in [2.75, 3.05) is 38.7 Å². The molecular formula is C24H25FN6O3. The van der Waals surface area contributed by atoms with Gasteiger partial charge in [-0.15, -0.1) is 0 Å². The van der Waals surface area contributed by atoms with Crippen LogP contribution < -0.4 is 10.1 Å². The fraction of sp³-hybridized carbons (Fsp3) is 0.417. The molecule has 2 aliphatic rings. The van der Waals surface area contributed by atoms with E-state index in [1.54, 1.807) is 11.1 Å². The number of halogens is 1. The molecule has 1 aromatic carbocycles. The van der Waals surface area contributed by atoms with E-state index in [-0.39, 0.29) is 17.4 Å². The predicted molar refractivity (Wildman–Crippen MR) is 123 cm³/mol. The summed E-state index contributed by atoms with van der Waals surface area (Å²) in [6.07, 6.45) is 5.28. The molecule has 2 N–H and O–H groups in total. The number of carbonyl (C=O) groups excluding carboxylic acids is 1. The first-order chi connectivity index (χ1) is 16.6. The lowest BCUT2D eigenvalue weighted by molar-refractivity contribution is 0.0549. The van der Waals surface area contributed by atoms with E-state index in [0.29, 0.717) is 49.0 Å². The average molecular weight is 465 g/mol. The highest BCUT2D eigenvalue weighted by Crippen LogP contribution is 2.43. The molecule has 1 amide bonds. The van der Waals surface area contributed by atoms with Crippen LogP contribution in [0.4, 0.5) is 16.0 Å². The van der Waals surface area contributed by atoms with Crippen LogP contribution in [-0.4, -0.2) is 59.2 Å². The van der Waals surface area contributed by atoms with Crippen molar-refractivity contribution in [1.29, 1.82) is 5.26 Å². The summed E-state index contributed by atoms with van der Waals surface area (Å²) in [5, 5.41) is 13.2. The molecule has 1 saturated heterocycles. The van der Waals surface area contributed by atoms with Gasteiger partial charge in [-0.25, -0.2) is 9.37 Å². The Labute approximate surface area is 195 Å². The quantitative estimate of drug-likeness (QED) is 0.589. The highest BCUT2D eigenvalue weighted by atomic mass is 19.1. The molecule has 2 fully saturated rings. The van der Waals surface area contributed by atoms with Gasteiger partial charge in [0.15, 0.2) is 0 Å². The fourth-order valence-electron chi connectivity index (χ4n) is 4.23. The van der Waals surface area contributed by atoms with Crippen LogP contribution in [-0.2, 0) is 4.74 Å². The number of hydrogen-bond donors (Lipinski definition) is 2. The van der Waals surface area contributed by atoms with Crippen molar-refractivity contribution in [2.24, 2.45) is 0 Å². The van der Waals surface area contributed by atoms with Crippen LogP contribution in [0.5, 0.6) is 5.75 Å². The second-order valence-electron chi connectivity index (χ2n) is 8.51. The van der Waals surface area contributed by atoms with Gasteiger partial charge in [-0.3, -0.25) is 4.79 Å². The largest absolute Gasteiger partial charge is 0.495 e. The van der Waals surface area contributed by atoms with Gasteiger partial charge >= 0.3 is 0 Å². The molecule has 0 atom stereocenters. The molecule has 0 radical (unpaired) electrons. The van der Waals surface area contributed by atoms with E-state index in [9.17, 15) is 10.1 Å². The molecule has 1 aliphatic carbocycles. The Hall–Kier alpha value is -3.71. The third-order valence-corrected chi connectivity index (χ3v) is 6.17. The summed E-state index contributed by atoms with van der Waals surface area (Å²) in [5.41, 5.74) is 2.10. The van der Waals surface area contributed by atoms with Crippen molar-refractivity contribution in [1.82, 2.24) is 19.9 Å². The summed E-state index contributed by atoms with van der Waals surface area (Å²) < 4.78 is 26.0. The first-order valence-electron chi connectivity index (χ1n) is 11.4. The maximum Gasteiger partial charge on any atom is 0.257 e. The predicted octanol–water partition coefficient (Wildman–Crippen LogP) is 3.85. The average Bonchev–Trinajstić information content (AvgIpc) is 3.57. The molecule has 0 unspecified atom stereocenters. The van der Waals surface area contributed by atoms with Crippen LogP contribution in [0.15, 0.2) is 18.3 Å². The number of ether oxygens (including phenoxy) is 2. The number of H-pyrrole nitrogens is 1. The van der Waals surface area contributed by atoms with Crippen LogP contribution in [0.2, 0.25) is 0 Å². The zero-order valence-corrected chi connectivity index (χ0v) is 18.9. The zero-order valence-electron chi connectivity index (χ0n) is 18.9. The van der Waals surface area contributed by atoms with Crippen molar-refractivity contribution in [3.63, 3.8) is 0 Å². The molecule has 5 rings (SSSR count). The number of anilines is 2. The maximum atomic E-state index is 15.1. The molecule has 10 heteroatoms. The van der Waals surface area contributed by atoms with Crippen molar-refractivity contribution < 1.29 is 18.7 Å². The summed E-state index contributed by atoms with van der Waals surface area (Å²) in [4.78, 5) is 26.8. The number of amides is 1. The number of aromatic amines is 1. The van der Waals surface area contributed by atoms with E-state index in [1.807, 2.05) is 0 Å². The number of nitrogens with one attached hydrogen (secondary N) is 2. The Kier molecular flexibility index (Phi) is 6.02. The van der Waals surface area contributed by atoms with Gasteiger partial charge in [0, 0.05) is 37.9 Å². The van der Waals surface area contributed by atoms with Gasteiger partial charge in [-0.2, -0.15) is 10.2 Å².